The third-order valence-electron chi connectivity index (χ3n) is 3.12. The first kappa shape index (κ1) is 13.6. The fraction of sp³-hybridized carbons (Fsp3) is 0.125. The van der Waals surface area contributed by atoms with Crippen LogP contribution in [0, 0.1) is 6.92 Å². The molecular weight excluding hydrogens is 290 g/mol. The maximum Gasteiger partial charge on any atom is 0.336 e. The number of aryl methyl sites for hydroxylation is 1. The molecule has 0 aliphatic heterocycles. The fourth-order valence-electron chi connectivity index (χ4n) is 2.05. The topological polar surface area (TPSA) is 52.3 Å². The molecule has 0 unspecified atom stereocenters. The summed E-state index contributed by atoms with van der Waals surface area (Å²) in [4.78, 5) is 15.4. The van der Waals surface area contributed by atoms with Gasteiger partial charge in [-0.3, -0.25) is 0 Å². The number of pyridine rings is 1. The average Bonchev–Trinajstić information content (AvgIpc) is 2.46. The van der Waals surface area contributed by atoms with Crippen LogP contribution >= 0.6 is 11.6 Å². The molecule has 106 valence electrons. The summed E-state index contributed by atoms with van der Waals surface area (Å²) >= 11 is 5.73. The van der Waals surface area contributed by atoms with E-state index < -0.39 is 0 Å². The van der Waals surface area contributed by atoms with Gasteiger partial charge in [0, 0.05) is 29.3 Å². The molecule has 21 heavy (non-hydrogen) atoms. The lowest BCUT2D eigenvalue weighted by Crippen LogP contribution is -1.99. The van der Waals surface area contributed by atoms with Crippen molar-refractivity contribution in [3.05, 3.63) is 69.3 Å². The third kappa shape index (κ3) is 3.06. The number of ether oxygens (including phenoxy) is 1. The predicted octanol–water partition coefficient (Wildman–Crippen LogP) is 3.73. The zero-order valence-corrected chi connectivity index (χ0v) is 12.1. The van der Waals surface area contributed by atoms with E-state index in [-0.39, 0.29) is 5.63 Å². The van der Waals surface area contributed by atoms with Crippen molar-refractivity contribution in [2.75, 3.05) is 0 Å². The number of fused-ring (bicyclic) bond motifs is 1. The van der Waals surface area contributed by atoms with Crippen molar-refractivity contribution in [1.82, 2.24) is 4.98 Å². The SMILES string of the molecule is Cc1cc(=O)oc2cc(OCc3ccc(Cl)nc3)ccc12. The summed E-state index contributed by atoms with van der Waals surface area (Å²) in [6.07, 6.45) is 1.66. The highest BCUT2D eigenvalue weighted by molar-refractivity contribution is 6.29. The molecule has 3 aromatic rings. The van der Waals surface area contributed by atoms with Crippen LogP contribution in [0.1, 0.15) is 11.1 Å². The molecule has 0 N–H and O–H groups in total. The van der Waals surface area contributed by atoms with E-state index in [0.717, 1.165) is 16.5 Å². The number of hydrogen-bond acceptors (Lipinski definition) is 4. The highest BCUT2D eigenvalue weighted by atomic mass is 35.5. The van der Waals surface area contributed by atoms with Crippen molar-refractivity contribution in [2.45, 2.75) is 13.5 Å². The van der Waals surface area contributed by atoms with E-state index in [9.17, 15) is 4.79 Å². The fourth-order valence-corrected chi connectivity index (χ4v) is 2.17. The second-order valence-corrected chi connectivity index (χ2v) is 5.07. The van der Waals surface area contributed by atoms with E-state index in [0.29, 0.717) is 23.1 Å². The van der Waals surface area contributed by atoms with Gasteiger partial charge in [0.05, 0.1) is 0 Å². The van der Waals surface area contributed by atoms with E-state index in [4.69, 9.17) is 20.8 Å². The zero-order chi connectivity index (χ0) is 14.8. The molecule has 0 fully saturated rings. The lowest BCUT2D eigenvalue weighted by atomic mass is 10.1. The number of aromatic nitrogens is 1. The minimum atomic E-state index is -0.362. The average molecular weight is 302 g/mol. The molecule has 0 radical (unpaired) electrons. The normalized spacial score (nSPS) is 10.8. The van der Waals surface area contributed by atoms with Crippen LogP contribution in [0.3, 0.4) is 0 Å². The number of rotatable bonds is 3. The number of benzene rings is 1. The third-order valence-corrected chi connectivity index (χ3v) is 3.34. The Bertz CT molecular complexity index is 840. The highest BCUT2D eigenvalue weighted by Gasteiger charge is 2.04. The molecule has 2 aromatic heterocycles. The molecule has 3 rings (SSSR count). The molecule has 0 saturated carbocycles. The molecule has 0 amide bonds. The molecule has 1 aromatic carbocycles. The van der Waals surface area contributed by atoms with Gasteiger partial charge in [0.25, 0.3) is 0 Å². The molecule has 0 aliphatic rings. The van der Waals surface area contributed by atoms with Crippen LogP contribution < -0.4 is 10.4 Å². The first-order valence-corrected chi connectivity index (χ1v) is 6.77. The van der Waals surface area contributed by atoms with Crippen molar-refractivity contribution in [3.8, 4) is 5.75 Å². The van der Waals surface area contributed by atoms with Crippen LogP contribution in [0.4, 0.5) is 0 Å². The Morgan fingerprint density at radius 2 is 2.10 bits per heavy atom. The lowest BCUT2D eigenvalue weighted by Gasteiger charge is -2.07. The van der Waals surface area contributed by atoms with E-state index in [1.54, 1.807) is 18.3 Å². The van der Waals surface area contributed by atoms with Crippen molar-refractivity contribution >= 4 is 22.6 Å². The molecule has 0 spiro atoms. The van der Waals surface area contributed by atoms with Gasteiger partial charge in [-0.15, -0.1) is 0 Å². The Balaban J connectivity index is 1.84. The summed E-state index contributed by atoms with van der Waals surface area (Å²) in [6.45, 7) is 2.24. The molecule has 0 saturated heterocycles. The van der Waals surface area contributed by atoms with Crippen molar-refractivity contribution in [3.63, 3.8) is 0 Å². The van der Waals surface area contributed by atoms with E-state index >= 15 is 0 Å². The Kier molecular flexibility index (Phi) is 3.62. The quantitative estimate of drug-likeness (QED) is 0.546. The maximum absolute atomic E-state index is 11.4. The summed E-state index contributed by atoms with van der Waals surface area (Å²) in [5.41, 5.74) is 1.95. The molecule has 4 nitrogen and oxygen atoms in total. The Labute approximate surface area is 126 Å². The number of halogens is 1. The van der Waals surface area contributed by atoms with Gasteiger partial charge >= 0.3 is 5.63 Å². The lowest BCUT2D eigenvalue weighted by molar-refractivity contribution is 0.305. The van der Waals surface area contributed by atoms with Crippen LogP contribution in [-0.2, 0) is 6.61 Å². The van der Waals surface area contributed by atoms with Crippen LogP contribution in [0.15, 0.2) is 51.8 Å². The van der Waals surface area contributed by atoms with Gasteiger partial charge in [0.1, 0.15) is 23.1 Å². The molecule has 5 heteroatoms. The van der Waals surface area contributed by atoms with E-state index in [1.165, 1.54) is 6.07 Å². The molecule has 0 aliphatic carbocycles. The monoisotopic (exact) mass is 301 g/mol. The minimum Gasteiger partial charge on any atom is -0.489 e. The van der Waals surface area contributed by atoms with Crippen molar-refractivity contribution in [1.29, 1.82) is 0 Å². The number of hydrogen-bond donors (Lipinski definition) is 0. The molecular formula is C16H12ClNO3. The van der Waals surface area contributed by atoms with Crippen molar-refractivity contribution in [2.24, 2.45) is 0 Å². The van der Waals surface area contributed by atoms with E-state index in [1.807, 2.05) is 25.1 Å². The summed E-state index contributed by atoms with van der Waals surface area (Å²) in [5, 5.41) is 1.34. The summed E-state index contributed by atoms with van der Waals surface area (Å²) in [6, 6.07) is 10.5. The van der Waals surface area contributed by atoms with Crippen LogP contribution in [-0.4, -0.2) is 4.98 Å². The van der Waals surface area contributed by atoms with Gasteiger partial charge in [0.2, 0.25) is 0 Å². The second-order valence-electron chi connectivity index (χ2n) is 4.68. The van der Waals surface area contributed by atoms with Gasteiger partial charge in [-0.2, -0.15) is 0 Å². The van der Waals surface area contributed by atoms with E-state index in [2.05, 4.69) is 4.98 Å². The first-order valence-electron chi connectivity index (χ1n) is 6.39. The molecule has 2 heterocycles. The van der Waals surface area contributed by atoms with Crippen LogP contribution in [0.25, 0.3) is 11.0 Å². The molecule has 0 atom stereocenters. The highest BCUT2D eigenvalue weighted by Crippen LogP contribution is 2.22. The predicted molar refractivity (Wildman–Crippen MR) is 80.8 cm³/mol. The van der Waals surface area contributed by atoms with Crippen molar-refractivity contribution < 1.29 is 9.15 Å². The standard InChI is InChI=1S/C16H12ClNO3/c1-10-6-16(19)21-14-7-12(3-4-13(10)14)20-9-11-2-5-15(17)18-8-11/h2-8H,9H2,1H3. The van der Waals surface area contributed by atoms with Crippen LogP contribution in [0.5, 0.6) is 5.75 Å². The summed E-state index contributed by atoms with van der Waals surface area (Å²) in [5.74, 6) is 0.631. The summed E-state index contributed by atoms with van der Waals surface area (Å²) < 4.78 is 10.9. The van der Waals surface area contributed by atoms with Gasteiger partial charge in [-0.25, -0.2) is 9.78 Å². The van der Waals surface area contributed by atoms with Gasteiger partial charge in [0.15, 0.2) is 0 Å². The largest absolute Gasteiger partial charge is 0.489 e. The van der Waals surface area contributed by atoms with Gasteiger partial charge < -0.3 is 9.15 Å². The van der Waals surface area contributed by atoms with Crippen LogP contribution in [0.2, 0.25) is 5.15 Å². The second kappa shape index (κ2) is 5.58. The smallest absolute Gasteiger partial charge is 0.336 e. The minimum absolute atomic E-state index is 0.362. The first-order chi connectivity index (χ1) is 10.1. The Morgan fingerprint density at radius 3 is 2.86 bits per heavy atom. The maximum atomic E-state index is 11.4. The number of nitrogens with zero attached hydrogens (tertiary/aromatic N) is 1. The zero-order valence-electron chi connectivity index (χ0n) is 11.3. The van der Waals surface area contributed by atoms with Gasteiger partial charge in [-0.1, -0.05) is 17.7 Å². The van der Waals surface area contributed by atoms with Gasteiger partial charge in [-0.05, 0) is 30.7 Å². The molecule has 0 bridgehead atoms. The Hall–Kier alpha value is -2.33. The Morgan fingerprint density at radius 1 is 1.24 bits per heavy atom. The summed E-state index contributed by atoms with van der Waals surface area (Å²) in [7, 11) is 0.